The maximum absolute atomic E-state index is 13.1. The van der Waals surface area contributed by atoms with E-state index in [1.54, 1.807) is 12.1 Å². The fourth-order valence-corrected chi connectivity index (χ4v) is 6.18. The van der Waals surface area contributed by atoms with Crippen LogP contribution in [0.15, 0.2) is 72.8 Å². The average molecular weight is 607 g/mol. The van der Waals surface area contributed by atoms with Gasteiger partial charge in [0.05, 0.1) is 5.56 Å². The Morgan fingerprint density at radius 3 is 2.43 bits per heavy atom. The normalized spacial score (nSPS) is 22.6. The van der Waals surface area contributed by atoms with Crippen molar-refractivity contribution in [1.82, 2.24) is 20.4 Å². The lowest BCUT2D eigenvalue weighted by molar-refractivity contribution is -0.138. The first-order chi connectivity index (χ1) is 21.1. The molecule has 0 aliphatic carbocycles. The standard InChI is InChI=1S/C33H33F3N4O4/c34-33(35,36)24-8-6-22(7-9-24)18-39-15-14-27(37-17-21-4-2-1-3-5-21)29(20-39)44-25-10-11-26-23(16-25)19-40(32(26)43)28-12-13-30(41)38-31(28)42/h1-11,16,27-29,37H,12-15,17-20H2,(H,38,41,42)/t27-,28?,29-/m0/s1. The number of hydrogen-bond donors (Lipinski definition) is 2. The van der Waals surface area contributed by atoms with Gasteiger partial charge in [-0.3, -0.25) is 24.6 Å². The molecule has 0 spiro atoms. The van der Waals surface area contributed by atoms with Gasteiger partial charge in [0.1, 0.15) is 17.9 Å². The fourth-order valence-electron chi connectivity index (χ4n) is 6.18. The minimum absolute atomic E-state index is 0.00826. The van der Waals surface area contributed by atoms with Gasteiger partial charge in [-0.15, -0.1) is 0 Å². The predicted octanol–water partition coefficient (Wildman–Crippen LogP) is 4.28. The third-order valence-electron chi connectivity index (χ3n) is 8.52. The number of likely N-dealkylation sites (tertiary alicyclic amines) is 1. The third kappa shape index (κ3) is 6.63. The summed E-state index contributed by atoms with van der Waals surface area (Å²) in [4.78, 5) is 40.8. The monoisotopic (exact) mass is 606 g/mol. The molecule has 0 bridgehead atoms. The third-order valence-corrected chi connectivity index (χ3v) is 8.52. The Hall–Kier alpha value is -4.22. The number of hydrogen-bond acceptors (Lipinski definition) is 6. The maximum atomic E-state index is 13.1. The van der Waals surface area contributed by atoms with Crippen molar-refractivity contribution in [2.24, 2.45) is 0 Å². The molecule has 2 N–H and O–H groups in total. The van der Waals surface area contributed by atoms with E-state index in [4.69, 9.17) is 4.74 Å². The molecule has 2 saturated heterocycles. The van der Waals surface area contributed by atoms with Crippen molar-refractivity contribution >= 4 is 17.7 Å². The van der Waals surface area contributed by atoms with Crippen molar-refractivity contribution in [2.75, 3.05) is 13.1 Å². The summed E-state index contributed by atoms with van der Waals surface area (Å²) in [6, 6.07) is 19.9. The van der Waals surface area contributed by atoms with Crippen molar-refractivity contribution in [3.8, 4) is 5.75 Å². The smallest absolute Gasteiger partial charge is 0.416 e. The second kappa shape index (κ2) is 12.4. The lowest BCUT2D eigenvalue weighted by Gasteiger charge is -2.39. The number of piperidine rings is 2. The van der Waals surface area contributed by atoms with Crippen molar-refractivity contribution in [3.05, 3.63) is 101 Å². The Bertz CT molecular complexity index is 1530. The highest BCUT2D eigenvalue weighted by atomic mass is 19.4. The van der Waals surface area contributed by atoms with Crippen LogP contribution in [0, 0.1) is 0 Å². The molecule has 3 aromatic carbocycles. The summed E-state index contributed by atoms with van der Waals surface area (Å²) >= 11 is 0. The number of rotatable bonds is 8. The largest absolute Gasteiger partial charge is 0.487 e. The number of imide groups is 1. The van der Waals surface area contributed by atoms with Gasteiger partial charge in [-0.05, 0) is 59.9 Å². The molecule has 11 heteroatoms. The molecule has 0 aromatic heterocycles. The first kappa shape index (κ1) is 29.8. The number of halogens is 3. The zero-order chi connectivity index (χ0) is 30.8. The van der Waals surface area contributed by atoms with Crippen LogP contribution in [0.1, 0.15) is 51.9 Å². The average Bonchev–Trinajstić information content (AvgIpc) is 3.32. The molecule has 1 unspecified atom stereocenters. The van der Waals surface area contributed by atoms with Crippen LogP contribution in [0.4, 0.5) is 13.2 Å². The first-order valence-electron chi connectivity index (χ1n) is 14.7. The van der Waals surface area contributed by atoms with E-state index in [-0.39, 0.29) is 36.9 Å². The molecule has 3 aliphatic heterocycles. The van der Waals surface area contributed by atoms with Gasteiger partial charge >= 0.3 is 6.18 Å². The number of benzene rings is 3. The summed E-state index contributed by atoms with van der Waals surface area (Å²) in [5.41, 5.74) is 2.52. The van der Waals surface area contributed by atoms with Gasteiger partial charge in [0, 0.05) is 50.7 Å². The minimum Gasteiger partial charge on any atom is -0.487 e. The zero-order valence-corrected chi connectivity index (χ0v) is 24.0. The highest BCUT2D eigenvalue weighted by Crippen LogP contribution is 2.32. The van der Waals surface area contributed by atoms with E-state index in [2.05, 4.69) is 15.5 Å². The number of nitrogens with zero attached hydrogens (tertiary/aromatic N) is 2. The summed E-state index contributed by atoms with van der Waals surface area (Å²) in [6.07, 6.45) is -3.40. The molecular formula is C33H33F3N4O4. The van der Waals surface area contributed by atoms with Crippen molar-refractivity contribution in [2.45, 2.75) is 63.3 Å². The van der Waals surface area contributed by atoms with Gasteiger partial charge in [-0.25, -0.2) is 0 Å². The van der Waals surface area contributed by atoms with Crippen LogP contribution in [0.25, 0.3) is 0 Å². The molecule has 6 rings (SSSR count). The Labute approximate surface area is 253 Å². The Morgan fingerprint density at radius 2 is 1.70 bits per heavy atom. The highest BCUT2D eigenvalue weighted by Gasteiger charge is 2.39. The van der Waals surface area contributed by atoms with Crippen LogP contribution >= 0.6 is 0 Å². The number of carbonyl (C=O) groups excluding carboxylic acids is 3. The van der Waals surface area contributed by atoms with E-state index < -0.39 is 23.7 Å². The summed E-state index contributed by atoms with van der Waals surface area (Å²) in [5.74, 6) is -0.443. The Morgan fingerprint density at radius 1 is 0.932 bits per heavy atom. The Kier molecular flexibility index (Phi) is 8.42. The van der Waals surface area contributed by atoms with Crippen LogP contribution in [-0.4, -0.2) is 58.8 Å². The maximum Gasteiger partial charge on any atom is 0.416 e. The SMILES string of the molecule is O=C1CCC(N2Cc3cc(O[C@H]4CN(Cc5ccc(C(F)(F)F)cc5)CC[C@@H]4NCc4ccccc4)ccc3C2=O)C(=O)N1. The lowest BCUT2D eigenvalue weighted by Crippen LogP contribution is -2.54. The summed E-state index contributed by atoms with van der Waals surface area (Å²) in [5, 5.41) is 5.94. The molecule has 230 valence electrons. The van der Waals surface area contributed by atoms with Gasteiger partial charge in [0.15, 0.2) is 0 Å². The second-order valence-electron chi connectivity index (χ2n) is 11.6. The molecule has 44 heavy (non-hydrogen) atoms. The van der Waals surface area contributed by atoms with Crippen molar-refractivity contribution < 1.29 is 32.3 Å². The first-order valence-corrected chi connectivity index (χ1v) is 14.7. The van der Waals surface area contributed by atoms with Crippen LogP contribution in [-0.2, 0) is 35.4 Å². The predicted molar refractivity (Wildman–Crippen MR) is 155 cm³/mol. The van der Waals surface area contributed by atoms with Gasteiger partial charge < -0.3 is 15.0 Å². The van der Waals surface area contributed by atoms with Crippen LogP contribution in [0.2, 0.25) is 0 Å². The molecule has 0 saturated carbocycles. The van der Waals surface area contributed by atoms with E-state index in [9.17, 15) is 27.6 Å². The van der Waals surface area contributed by atoms with Gasteiger partial charge in [-0.1, -0.05) is 42.5 Å². The number of fused-ring (bicyclic) bond motifs is 1. The number of ether oxygens (including phenoxy) is 1. The molecule has 3 amide bonds. The molecular weight excluding hydrogens is 573 g/mol. The van der Waals surface area contributed by atoms with Gasteiger partial charge in [0.2, 0.25) is 11.8 Å². The molecule has 2 fully saturated rings. The summed E-state index contributed by atoms with van der Waals surface area (Å²) in [7, 11) is 0. The zero-order valence-electron chi connectivity index (χ0n) is 24.0. The molecule has 0 radical (unpaired) electrons. The Balaban J connectivity index is 1.16. The molecule has 3 heterocycles. The van der Waals surface area contributed by atoms with E-state index in [1.165, 1.54) is 17.0 Å². The van der Waals surface area contributed by atoms with Crippen molar-refractivity contribution in [1.29, 1.82) is 0 Å². The van der Waals surface area contributed by atoms with Crippen LogP contribution in [0.3, 0.4) is 0 Å². The van der Waals surface area contributed by atoms with Gasteiger partial charge in [0.25, 0.3) is 5.91 Å². The molecule has 3 aromatic rings. The molecule has 3 atom stereocenters. The van der Waals surface area contributed by atoms with Crippen molar-refractivity contribution in [3.63, 3.8) is 0 Å². The lowest BCUT2D eigenvalue weighted by atomic mass is 10.00. The highest BCUT2D eigenvalue weighted by molar-refractivity contribution is 6.05. The second-order valence-corrected chi connectivity index (χ2v) is 11.6. The summed E-state index contributed by atoms with van der Waals surface area (Å²) < 4.78 is 45.7. The van der Waals surface area contributed by atoms with E-state index in [0.29, 0.717) is 37.4 Å². The minimum atomic E-state index is -4.38. The topological polar surface area (TPSA) is 91.0 Å². The number of nitrogens with one attached hydrogen (secondary N) is 2. The number of carbonyl (C=O) groups is 3. The van der Waals surface area contributed by atoms with Crippen LogP contribution < -0.4 is 15.4 Å². The number of alkyl halides is 3. The van der Waals surface area contributed by atoms with E-state index >= 15 is 0 Å². The van der Waals surface area contributed by atoms with Crippen LogP contribution in [0.5, 0.6) is 5.75 Å². The fraction of sp³-hybridized carbons (Fsp3) is 0.364. The quantitative estimate of drug-likeness (QED) is 0.372. The molecule has 3 aliphatic rings. The number of amides is 3. The van der Waals surface area contributed by atoms with Gasteiger partial charge in [-0.2, -0.15) is 13.2 Å². The van der Waals surface area contributed by atoms with E-state index in [0.717, 1.165) is 41.8 Å². The molecule has 8 nitrogen and oxygen atoms in total. The summed E-state index contributed by atoms with van der Waals surface area (Å²) in [6.45, 7) is 2.68. The van der Waals surface area contributed by atoms with E-state index in [1.807, 2.05) is 36.4 Å².